The number of nitrogens with one attached hydrogen (secondary N) is 2. The molecule has 0 saturated heterocycles. The van der Waals surface area contributed by atoms with Gasteiger partial charge in [0.2, 0.25) is 0 Å². The Morgan fingerprint density at radius 3 is 2.58 bits per heavy atom. The largest absolute Gasteiger partial charge is 0.368 e. The van der Waals surface area contributed by atoms with Gasteiger partial charge in [0.25, 0.3) is 5.91 Å². The number of pyridine rings is 1. The van der Waals surface area contributed by atoms with Gasteiger partial charge in [-0.15, -0.1) is 10.2 Å². The highest BCUT2D eigenvalue weighted by molar-refractivity contribution is 5.95. The molecular weight excluding hydrogens is 400 g/mol. The summed E-state index contributed by atoms with van der Waals surface area (Å²) in [4.78, 5) is 16.1. The number of halogens is 2. The predicted molar refractivity (Wildman–Crippen MR) is 114 cm³/mol. The Kier molecular flexibility index (Phi) is 5.63. The lowest BCUT2D eigenvalue weighted by molar-refractivity contribution is 0.0959. The van der Waals surface area contributed by atoms with E-state index in [1.807, 2.05) is 0 Å². The van der Waals surface area contributed by atoms with Crippen LogP contribution in [-0.2, 0) is 5.41 Å². The fraction of sp³-hybridized carbons (Fsp3) is 0.304. The van der Waals surface area contributed by atoms with E-state index in [1.54, 1.807) is 30.5 Å². The molecule has 8 heteroatoms. The number of aromatic nitrogens is 3. The molecule has 2 N–H and O–H groups in total. The summed E-state index contributed by atoms with van der Waals surface area (Å²) in [5.41, 5.74) is 1.16. The van der Waals surface area contributed by atoms with E-state index in [1.165, 1.54) is 25.2 Å². The number of carbonyl (C=O) groups is 1. The first-order valence-electron chi connectivity index (χ1n) is 10.1. The number of nitrogens with zero attached hydrogens (tertiary/aromatic N) is 3. The van der Waals surface area contributed by atoms with Gasteiger partial charge in [0.1, 0.15) is 17.5 Å². The van der Waals surface area contributed by atoms with Gasteiger partial charge in [-0.05, 0) is 61.2 Å². The minimum Gasteiger partial charge on any atom is -0.368 e. The van der Waals surface area contributed by atoms with Crippen molar-refractivity contribution in [1.29, 1.82) is 0 Å². The molecule has 0 spiro atoms. The fourth-order valence-corrected chi connectivity index (χ4v) is 4.31. The average Bonchev–Trinajstić information content (AvgIpc) is 2.76. The second-order valence-corrected chi connectivity index (χ2v) is 8.06. The van der Waals surface area contributed by atoms with Crippen molar-refractivity contribution in [1.82, 2.24) is 20.5 Å². The number of amides is 1. The fourth-order valence-electron chi connectivity index (χ4n) is 4.31. The van der Waals surface area contributed by atoms with E-state index in [-0.39, 0.29) is 16.8 Å². The van der Waals surface area contributed by atoms with Crippen LogP contribution in [0.15, 0.2) is 48.7 Å². The van der Waals surface area contributed by atoms with Gasteiger partial charge in [-0.25, -0.2) is 8.78 Å². The van der Waals surface area contributed by atoms with E-state index in [9.17, 15) is 13.6 Å². The van der Waals surface area contributed by atoms with Crippen molar-refractivity contribution in [3.8, 4) is 11.3 Å². The molecule has 0 atom stereocenters. The Morgan fingerprint density at radius 1 is 1.13 bits per heavy atom. The normalized spacial score (nSPS) is 20.1. The molecule has 1 fully saturated rings. The highest BCUT2D eigenvalue weighted by atomic mass is 19.1. The van der Waals surface area contributed by atoms with Gasteiger partial charge < -0.3 is 10.6 Å². The van der Waals surface area contributed by atoms with Crippen LogP contribution in [-0.4, -0.2) is 34.7 Å². The van der Waals surface area contributed by atoms with Crippen molar-refractivity contribution >= 4 is 11.7 Å². The first kappa shape index (κ1) is 20.8. The van der Waals surface area contributed by atoms with Crippen LogP contribution in [0, 0.1) is 17.6 Å². The highest BCUT2D eigenvalue weighted by Crippen LogP contribution is 2.47. The maximum atomic E-state index is 14.4. The summed E-state index contributed by atoms with van der Waals surface area (Å²) in [7, 11) is 1.45. The number of hydrogen-bond donors (Lipinski definition) is 2. The van der Waals surface area contributed by atoms with Crippen LogP contribution in [0.1, 0.15) is 35.8 Å². The van der Waals surface area contributed by atoms with Gasteiger partial charge in [-0.1, -0.05) is 6.92 Å². The third-order valence-corrected chi connectivity index (χ3v) is 5.75. The Morgan fingerprint density at radius 2 is 1.94 bits per heavy atom. The molecule has 2 aromatic heterocycles. The monoisotopic (exact) mass is 423 g/mol. The molecule has 1 aromatic carbocycles. The Hall–Kier alpha value is -3.42. The molecule has 1 aliphatic rings. The molecule has 4 rings (SSSR count). The van der Waals surface area contributed by atoms with Crippen LogP contribution in [0.5, 0.6) is 0 Å². The van der Waals surface area contributed by atoms with Crippen LogP contribution in [0.3, 0.4) is 0 Å². The third kappa shape index (κ3) is 4.10. The van der Waals surface area contributed by atoms with Crippen LogP contribution >= 0.6 is 0 Å². The number of rotatable bonds is 6. The summed E-state index contributed by atoms with van der Waals surface area (Å²) < 4.78 is 28.3. The molecule has 160 valence electrons. The van der Waals surface area contributed by atoms with Gasteiger partial charge in [0.05, 0.1) is 17.0 Å². The molecular formula is C23H23F2N5O. The Balaban J connectivity index is 1.50. The van der Waals surface area contributed by atoms with E-state index >= 15 is 0 Å². The zero-order valence-electron chi connectivity index (χ0n) is 17.3. The Labute approximate surface area is 179 Å². The molecule has 0 unspecified atom stereocenters. The maximum absolute atomic E-state index is 14.4. The summed E-state index contributed by atoms with van der Waals surface area (Å²) in [5.74, 6) is -0.346. The van der Waals surface area contributed by atoms with E-state index in [0.29, 0.717) is 35.2 Å². The topological polar surface area (TPSA) is 79.8 Å². The molecule has 3 aromatic rings. The van der Waals surface area contributed by atoms with E-state index in [2.05, 4.69) is 32.7 Å². The van der Waals surface area contributed by atoms with Gasteiger partial charge in [0.15, 0.2) is 0 Å². The standard InChI is InChI=1S/C23H23F2N5O/c1-14-11-23(12-14,21-18(25)4-3-9-27-21)13-28-20-8-7-19(29-30-20)15-5-6-17(24)16(10-15)22(31)26-2/h3-10,14H,11-13H2,1-2H3,(H,26,31)(H,28,30). The first-order valence-corrected chi connectivity index (χ1v) is 10.1. The summed E-state index contributed by atoms with van der Waals surface area (Å²) in [6.45, 7) is 2.64. The summed E-state index contributed by atoms with van der Waals surface area (Å²) in [6.07, 6.45) is 3.31. The van der Waals surface area contributed by atoms with E-state index in [0.717, 1.165) is 12.8 Å². The third-order valence-electron chi connectivity index (χ3n) is 5.75. The lowest BCUT2D eigenvalue weighted by Crippen LogP contribution is -2.47. The number of carbonyl (C=O) groups excluding carboxylic acids is 1. The minimum absolute atomic E-state index is 0.0533. The van der Waals surface area contributed by atoms with Gasteiger partial charge in [-0.2, -0.15) is 0 Å². The lowest BCUT2D eigenvalue weighted by atomic mass is 9.60. The summed E-state index contributed by atoms with van der Waals surface area (Å²) in [6, 6.07) is 10.8. The van der Waals surface area contributed by atoms with Crippen molar-refractivity contribution in [2.75, 3.05) is 18.9 Å². The van der Waals surface area contributed by atoms with Crippen LogP contribution < -0.4 is 10.6 Å². The molecule has 1 amide bonds. The second kappa shape index (κ2) is 8.37. The molecule has 0 aliphatic heterocycles. The number of hydrogen-bond acceptors (Lipinski definition) is 5. The summed E-state index contributed by atoms with van der Waals surface area (Å²) in [5, 5.41) is 14.1. The second-order valence-electron chi connectivity index (χ2n) is 8.06. The number of anilines is 1. The molecule has 0 radical (unpaired) electrons. The van der Waals surface area contributed by atoms with Crippen molar-refractivity contribution < 1.29 is 13.6 Å². The van der Waals surface area contributed by atoms with Crippen LogP contribution in [0.4, 0.5) is 14.6 Å². The minimum atomic E-state index is -0.601. The quantitative estimate of drug-likeness (QED) is 0.628. The molecule has 1 aliphatic carbocycles. The molecule has 2 heterocycles. The first-order chi connectivity index (χ1) is 14.9. The van der Waals surface area contributed by atoms with Gasteiger partial charge in [0, 0.05) is 30.8 Å². The number of benzene rings is 1. The van der Waals surface area contributed by atoms with Crippen molar-refractivity contribution in [3.05, 3.63) is 71.6 Å². The van der Waals surface area contributed by atoms with E-state index < -0.39 is 11.7 Å². The Bertz CT molecular complexity index is 1100. The van der Waals surface area contributed by atoms with E-state index in [4.69, 9.17) is 0 Å². The zero-order valence-corrected chi connectivity index (χ0v) is 17.3. The van der Waals surface area contributed by atoms with Crippen molar-refractivity contribution in [3.63, 3.8) is 0 Å². The molecule has 1 saturated carbocycles. The predicted octanol–water partition coefficient (Wildman–Crippen LogP) is 3.96. The van der Waals surface area contributed by atoms with Crippen LogP contribution in [0.2, 0.25) is 0 Å². The highest BCUT2D eigenvalue weighted by Gasteiger charge is 2.46. The van der Waals surface area contributed by atoms with Gasteiger partial charge >= 0.3 is 0 Å². The zero-order chi connectivity index (χ0) is 22.0. The summed E-state index contributed by atoms with van der Waals surface area (Å²) >= 11 is 0. The average molecular weight is 423 g/mol. The van der Waals surface area contributed by atoms with Gasteiger partial charge in [-0.3, -0.25) is 9.78 Å². The van der Waals surface area contributed by atoms with Crippen molar-refractivity contribution in [2.45, 2.75) is 25.2 Å². The van der Waals surface area contributed by atoms with Crippen LogP contribution in [0.25, 0.3) is 11.3 Å². The molecule has 31 heavy (non-hydrogen) atoms. The smallest absolute Gasteiger partial charge is 0.254 e. The molecule has 6 nitrogen and oxygen atoms in total. The SMILES string of the molecule is CNC(=O)c1cc(-c2ccc(NCC3(c4ncccc4F)CC(C)C3)nn2)ccc1F. The van der Waals surface area contributed by atoms with Crippen molar-refractivity contribution in [2.24, 2.45) is 5.92 Å². The lowest BCUT2D eigenvalue weighted by Gasteiger charge is -2.46. The maximum Gasteiger partial charge on any atom is 0.254 e. The molecule has 0 bridgehead atoms.